The summed E-state index contributed by atoms with van der Waals surface area (Å²) >= 11 is 0. The average molecular weight is 608 g/mol. The van der Waals surface area contributed by atoms with Gasteiger partial charge in [-0.3, -0.25) is 9.59 Å². The molecule has 1 fully saturated rings. The van der Waals surface area contributed by atoms with Crippen LogP contribution < -0.4 is 25.2 Å². The number of carbonyl (C=O) groups excluding carboxylic acids is 2. The molecule has 10 nitrogen and oxygen atoms in total. The third-order valence-electron chi connectivity index (χ3n) is 8.89. The van der Waals surface area contributed by atoms with Gasteiger partial charge < -0.3 is 30.1 Å². The van der Waals surface area contributed by atoms with Crippen molar-refractivity contribution in [3.8, 4) is 5.75 Å². The van der Waals surface area contributed by atoms with E-state index in [9.17, 15) is 9.59 Å². The van der Waals surface area contributed by atoms with E-state index in [2.05, 4.69) is 53.1 Å². The molecule has 0 spiro atoms. The zero-order valence-corrected chi connectivity index (χ0v) is 27.9. The van der Waals surface area contributed by atoms with E-state index < -0.39 is 0 Å². The third kappa shape index (κ3) is 8.20. The number of hydrogen-bond donors (Lipinski definition) is 2. The topological polar surface area (TPSA) is 103 Å². The number of rotatable bonds is 14. The van der Waals surface area contributed by atoms with Gasteiger partial charge >= 0.3 is 0 Å². The lowest BCUT2D eigenvalue weighted by molar-refractivity contribution is -0.120. The smallest absolute Gasteiger partial charge is 0.251 e. The number of piperidine rings is 1. The van der Waals surface area contributed by atoms with E-state index in [0.717, 1.165) is 38.4 Å². The van der Waals surface area contributed by atoms with Crippen LogP contribution in [-0.4, -0.2) is 78.6 Å². The van der Waals surface area contributed by atoms with Crippen molar-refractivity contribution in [3.05, 3.63) is 30.0 Å². The lowest BCUT2D eigenvalue weighted by Gasteiger charge is -2.42. The minimum atomic E-state index is -0.278. The van der Waals surface area contributed by atoms with Crippen LogP contribution >= 0.6 is 0 Å². The Hall–Kier alpha value is -3.40. The standard InChI is InChI=1S/C34H53N7O3/c1-8-28-33(43)39(6)29-22-35-34(38-31(29)41(28)24(4)5)37-27-15-14-25(21-30(27)44-7)32(42)36-26-16-19-40(20-17-26)18-12-10-9-11-13-23(2)3/h14-15,21-24,26,28H,8-13,16-20H2,1-7H3,(H,36,42)(H,35,37,38)/t28-/m0/s1. The summed E-state index contributed by atoms with van der Waals surface area (Å²) in [5.41, 5.74) is 1.89. The van der Waals surface area contributed by atoms with E-state index in [0.29, 0.717) is 40.9 Å². The molecule has 10 heteroatoms. The number of nitrogens with zero attached hydrogens (tertiary/aromatic N) is 5. The molecule has 2 aliphatic heterocycles. The Morgan fingerprint density at radius 2 is 1.82 bits per heavy atom. The fourth-order valence-corrected chi connectivity index (χ4v) is 6.31. The predicted molar refractivity (Wildman–Crippen MR) is 178 cm³/mol. The highest BCUT2D eigenvalue weighted by atomic mass is 16.5. The molecular weight excluding hydrogens is 554 g/mol. The monoisotopic (exact) mass is 607 g/mol. The SMILES string of the molecule is CC[C@H]1C(=O)N(C)c2cnc(Nc3ccc(C(=O)NC4CCN(CCCCCCC(C)C)CC4)cc3OC)nc2N1C(C)C. The van der Waals surface area contributed by atoms with E-state index in [-0.39, 0.29) is 29.9 Å². The summed E-state index contributed by atoms with van der Waals surface area (Å²) in [5, 5.41) is 6.50. The summed E-state index contributed by atoms with van der Waals surface area (Å²) < 4.78 is 5.66. The highest BCUT2D eigenvalue weighted by Crippen LogP contribution is 2.37. The van der Waals surface area contributed by atoms with Gasteiger partial charge in [-0.05, 0) is 70.2 Å². The van der Waals surface area contributed by atoms with Gasteiger partial charge in [-0.2, -0.15) is 4.98 Å². The van der Waals surface area contributed by atoms with Crippen LogP contribution in [0.1, 0.15) is 96.3 Å². The lowest BCUT2D eigenvalue weighted by atomic mass is 10.0. The number of hydrogen-bond acceptors (Lipinski definition) is 8. The molecule has 1 saturated heterocycles. The van der Waals surface area contributed by atoms with Crippen LogP contribution in [0.15, 0.2) is 24.4 Å². The molecule has 2 N–H and O–H groups in total. The second kappa shape index (κ2) is 15.5. The van der Waals surface area contributed by atoms with E-state index in [1.807, 2.05) is 13.0 Å². The van der Waals surface area contributed by atoms with Crippen LogP contribution in [0.5, 0.6) is 5.75 Å². The summed E-state index contributed by atoms with van der Waals surface area (Å²) in [6.45, 7) is 13.9. The van der Waals surface area contributed by atoms with Gasteiger partial charge in [-0.25, -0.2) is 4.98 Å². The van der Waals surface area contributed by atoms with E-state index in [1.165, 1.54) is 32.1 Å². The van der Waals surface area contributed by atoms with Gasteiger partial charge in [0.15, 0.2) is 5.82 Å². The molecule has 4 rings (SSSR count). The number of anilines is 4. The molecule has 242 valence electrons. The normalized spacial score (nSPS) is 17.8. The Kier molecular flexibility index (Phi) is 11.8. The van der Waals surface area contributed by atoms with Crippen molar-refractivity contribution in [2.24, 2.45) is 5.92 Å². The average Bonchev–Trinajstić information content (AvgIpc) is 3.01. The molecule has 0 aliphatic carbocycles. The molecule has 0 saturated carbocycles. The number of methoxy groups -OCH3 is 1. The van der Waals surface area contributed by atoms with Gasteiger partial charge in [0, 0.05) is 37.8 Å². The molecule has 1 atom stereocenters. The minimum absolute atomic E-state index is 0.0435. The molecule has 0 bridgehead atoms. The molecule has 0 unspecified atom stereocenters. The lowest BCUT2D eigenvalue weighted by Crippen LogP contribution is -2.54. The minimum Gasteiger partial charge on any atom is -0.495 e. The van der Waals surface area contributed by atoms with Crippen molar-refractivity contribution in [3.63, 3.8) is 0 Å². The number of fused-ring (bicyclic) bond motifs is 1. The predicted octanol–water partition coefficient (Wildman–Crippen LogP) is 6.00. The Balaban J connectivity index is 1.34. The zero-order chi connectivity index (χ0) is 31.8. The van der Waals surface area contributed by atoms with Crippen LogP contribution in [0, 0.1) is 5.92 Å². The first-order valence-electron chi connectivity index (χ1n) is 16.5. The number of carbonyl (C=O) groups is 2. The quantitative estimate of drug-likeness (QED) is 0.252. The molecule has 2 aliphatic rings. The number of amides is 2. The summed E-state index contributed by atoms with van der Waals surface area (Å²) in [7, 11) is 3.35. The van der Waals surface area contributed by atoms with Crippen molar-refractivity contribution in [2.75, 3.05) is 48.9 Å². The van der Waals surface area contributed by atoms with Gasteiger partial charge in [0.25, 0.3) is 5.91 Å². The molecule has 1 aromatic heterocycles. The highest BCUT2D eigenvalue weighted by Gasteiger charge is 2.38. The van der Waals surface area contributed by atoms with E-state index in [4.69, 9.17) is 9.72 Å². The first kappa shape index (κ1) is 33.5. The van der Waals surface area contributed by atoms with E-state index in [1.54, 1.807) is 37.4 Å². The van der Waals surface area contributed by atoms with Crippen LogP contribution in [0.4, 0.5) is 23.1 Å². The third-order valence-corrected chi connectivity index (χ3v) is 8.89. The summed E-state index contributed by atoms with van der Waals surface area (Å²) in [5.74, 6) is 2.40. The van der Waals surface area contributed by atoms with Gasteiger partial charge in [-0.1, -0.05) is 46.5 Å². The fourth-order valence-electron chi connectivity index (χ4n) is 6.31. The maximum atomic E-state index is 13.2. The van der Waals surface area contributed by atoms with Crippen molar-refractivity contribution in [2.45, 2.75) is 104 Å². The number of likely N-dealkylation sites (N-methyl/N-ethyl adjacent to an activating group) is 1. The van der Waals surface area contributed by atoms with Gasteiger partial charge in [-0.15, -0.1) is 0 Å². The Morgan fingerprint density at radius 1 is 1.09 bits per heavy atom. The molecule has 2 amide bonds. The molecule has 1 aromatic carbocycles. The van der Waals surface area contributed by atoms with Crippen molar-refractivity contribution in [1.29, 1.82) is 0 Å². The van der Waals surface area contributed by atoms with Gasteiger partial charge in [0.1, 0.15) is 17.5 Å². The summed E-state index contributed by atoms with van der Waals surface area (Å²) in [6, 6.07) is 5.36. The maximum Gasteiger partial charge on any atom is 0.251 e. The van der Waals surface area contributed by atoms with Gasteiger partial charge in [0.2, 0.25) is 11.9 Å². The maximum absolute atomic E-state index is 13.2. The molecule has 3 heterocycles. The number of nitrogens with one attached hydrogen (secondary N) is 2. The molecule has 0 radical (unpaired) electrons. The first-order valence-corrected chi connectivity index (χ1v) is 16.5. The summed E-state index contributed by atoms with van der Waals surface area (Å²) in [6.07, 6.45) is 10.9. The van der Waals surface area contributed by atoms with Crippen molar-refractivity contribution in [1.82, 2.24) is 20.2 Å². The van der Waals surface area contributed by atoms with Crippen molar-refractivity contribution >= 4 is 35.0 Å². The second-order valence-electron chi connectivity index (χ2n) is 13.0. The second-order valence-corrected chi connectivity index (χ2v) is 13.0. The van der Waals surface area contributed by atoms with Crippen LogP contribution in [0.25, 0.3) is 0 Å². The Bertz CT molecular complexity index is 1260. The number of unbranched alkanes of at least 4 members (excludes halogenated alkanes) is 3. The van der Waals surface area contributed by atoms with Crippen LogP contribution in [0.3, 0.4) is 0 Å². The van der Waals surface area contributed by atoms with Crippen LogP contribution in [0.2, 0.25) is 0 Å². The number of ether oxygens (including phenoxy) is 1. The molecular formula is C34H53N7O3. The van der Waals surface area contributed by atoms with E-state index >= 15 is 0 Å². The Labute approximate surface area is 263 Å². The zero-order valence-electron chi connectivity index (χ0n) is 27.9. The van der Waals surface area contributed by atoms with Crippen LogP contribution in [-0.2, 0) is 4.79 Å². The summed E-state index contributed by atoms with van der Waals surface area (Å²) in [4.78, 5) is 41.7. The number of aromatic nitrogens is 2. The molecule has 2 aromatic rings. The van der Waals surface area contributed by atoms with Gasteiger partial charge in [0.05, 0.1) is 19.0 Å². The van der Waals surface area contributed by atoms with Crippen molar-refractivity contribution < 1.29 is 14.3 Å². The molecule has 44 heavy (non-hydrogen) atoms. The largest absolute Gasteiger partial charge is 0.495 e. The Morgan fingerprint density at radius 3 is 2.48 bits per heavy atom. The fraction of sp³-hybridized carbons (Fsp3) is 0.647. The first-order chi connectivity index (χ1) is 21.1. The number of benzene rings is 1. The highest BCUT2D eigenvalue weighted by molar-refractivity contribution is 6.04. The number of likely N-dealkylation sites (tertiary alicyclic amines) is 1.